The van der Waals surface area contributed by atoms with Gasteiger partial charge in [-0.05, 0) is 19.1 Å². The molecule has 0 saturated carbocycles. The molecule has 0 saturated heterocycles. The Hall–Kier alpha value is -1.85. The van der Waals surface area contributed by atoms with Gasteiger partial charge in [-0.25, -0.2) is 0 Å². The molecule has 0 unspecified atom stereocenters. The Kier molecular flexibility index (Phi) is 3.55. The average Bonchev–Trinajstić information content (AvgIpc) is 2.25. The fourth-order valence-electron chi connectivity index (χ4n) is 1.41. The number of aldehydes is 1. The molecule has 0 aromatic heterocycles. The summed E-state index contributed by atoms with van der Waals surface area (Å²) in [6.07, 6.45) is -4.43. The van der Waals surface area contributed by atoms with Gasteiger partial charge in [-0.15, -0.1) is 0 Å². The van der Waals surface area contributed by atoms with Gasteiger partial charge in [0.15, 0.2) is 5.78 Å². The zero-order valence-corrected chi connectivity index (χ0v) is 9.09. The van der Waals surface area contributed by atoms with Crippen molar-refractivity contribution in [2.45, 2.75) is 13.1 Å². The molecule has 1 aromatic carbocycles. The Morgan fingerprint density at radius 3 is 2.29 bits per heavy atom. The standard InChI is InChI=1S/C11H9F3O3/c1-6(16)8-3-7(5-15)4-9(10(8)17-2)11(12,13)14/h3-5H,1-2H3. The number of methoxy groups -OCH3 is 1. The van der Waals surface area contributed by atoms with Gasteiger partial charge in [-0.1, -0.05) is 0 Å². The number of Topliss-reactive ketones (excluding diaryl/α,β-unsaturated/α-hetero) is 1. The minimum atomic E-state index is -4.69. The highest BCUT2D eigenvalue weighted by molar-refractivity contribution is 5.99. The summed E-state index contributed by atoms with van der Waals surface area (Å²) in [5, 5.41) is 0. The van der Waals surface area contributed by atoms with E-state index in [0.717, 1.165) is 20.1 Å². The summed E-state index contributed by atoms with van der Waals surface area (Å²) in [5.41, 5.74) is -1.61. The van der Waals surface area contributed by atoms with Crippen LogP contribution in [-0.2, 0) is 6.18 Å². The van der Waals surface area contributed by atoms with Crippen molar-refractivity contribution in [1.82, 2.24) is 0 Å². The first-order chi connectivity index (χ1) is 7.81. The van der Waals surface area contributed by atoms with E-state index in [2.05, 4.69) is 4.74 Å². The van der Waals surface area contributed by atoms with E-state index >= 15 is 0 Å². The number of ether oxygens (including phenoxy) is 1. The first-order valence-electron chi connectivity index (χ1n) is 4.56. The van der Waals surface area contributed by atoms with Gasteiger partial charge in [0.05, 0.1) is 18.2 Å². The second kappa shape index (κ2) is 4.57. The molecule has 0 amide bonds. The van der Waals surface area contributed by atoms with Crippen LogP contribution in [0, 0.1) is 0 Å². The largest absolute Gasteiger partial charge is 0.495 e. The predicted octanol–water partition coefficient (Wildman–Crippen LogP) is 2.73. The summed E-state index contributed by atoms with van der Waals surface area (Å²) in [7, 11) is 1.04. The van der Waals surface area contributed by atoms with E-state index in [1.165, 1.54) is 0 Å². The van der Waals surface area contributed by atoms with E-state index in [9.17, 15) is 22.8 Å². The van der Waals surface area contributed by atoms with Crippen molar-refractivity contribution in [2.75, 3.05) is 7.11 Å². The Labute approximate surface area is 95.2 Å². The van der Waals surface area contributed by atoms with Crippen molar-refractivity contribution >= 4 is 12.1 Å². The molecule has 0 N–H and O–H groups in total. The molecule has 0 aliphatic carbocycles. The lowest BCUT2D eigenvalue weighted by Crippen LogP contribution is -2.11. The smallest absolute Gasteiger partial charge is 0.420 e. The van der Waals surface area contributed by atoms with Crippen LogP contribution in [0.2, 0.25) is 0 Å². The predicted molar refractivity (Wildman–Crippen MR) is 53.4 cm³/mol. The summed E-state index contributed by atoms with van der Waals surface area (Å²) in [5.74, 6) is -1.16. The molecule has 0 aliphatic heterocycles. The van der Waals surface area contributed by atoms with Crippen molar-refractivity contribution in [2.24, 2.45) is 0 Å². The number of benzene rings is 1. The van der Waals surface area contributed by atoms with Crippen molar-refractivity contribution in [3.63, 3.8) is 0 Å². The third-order valence-electron chi connectivity index (χ3n) is 2.14. The zero-order valence-electron chi connectivity index (χ0n) is 9.09. The lowest BCUT2D eigenvalue weighted by atomic mass is 10.0. The van der Waals surface area contributed by atoms with E-state index in [0.29, 0.717) is 6.07 Å². The summed E-state index contributed by atoms with van der Waals surface area (Å²) >= 11 is 0. The first kappa shape index (κ1) is 13.2. The molecule has 0 aliphatic rings. The van der Waals surface area contributed by atoms with E-state index in [-0.39, 0.29) is 17.4 Å². The Morgan fingerprint density at radius 2 is 1.94 bits per heavy atom. The second-order valence-electron chi connectivity index (χ2n) is 3.32. The molecule has 1 rings (SSSR count). The van der Waals surface area contributed by atoms with Crippen LogP contribution in [0.15, 0.2) is 12.1 Å². The minimum Gasteiger partial charge on any atom is -0.495 e. The molecular formula is C11H9F3O3. The molecule has 0 fully saturated rings. The van der Waals surface area contributed by atoms with Gasteiger partial charge in [0, 0.05) is 5.56 Å². The van der Waals surface area contributed by atoms with E-state index in [1.807, 2.05) is 0 Å². The monoisotopic (exact) mass is 246 g/mol. The molecule has 0 atom stereocenters. The molecular weight excluding hydrogens is 237 g/mol. The summed E-state index contributed by atoms with van der Waals surface area (Å²) in [4.78, 5) is 21.7. The molecule has 0 spiro atoms. The number of carbonyl (C=O) groups excluding carboxylic acids is 2. The number of carbonyl (C=O) groups is 2. The van der Waals surface area contributed by atoms with Crippen LogP contribution in [0.25, 0.3) is 0 Å². The van der Waals surface area contributed by atoms with Crippen LogP contribution in [0.5, 0.6) is 5.75 Å². The lowest BCUT2D eigenvalue weighted by Gasteiger charge is -2.15. The summed E-state index contributed by atoms with van der Waals surface area (Å²) in [6, 6.07) is 1.72. The minimum absolute atomic E-state index is 0.219. The molecule has 3 nitrogen and oxygen atoms in total. The lowest BCUT2D eigenvalue weighted by molar-refractivity contribution is -0.138. The number of ketones is 1. The normalized spacial score (nSPS) is 11.1. The van der Waals surface area contributed by atoms with E-state index in [4.69, 9.17) is 0 Å². The molecule has 92 valence electrons. The van der Waals surface area contributed by atoms with Gasteiger partial charge >= 0.3 is 6.18 Å². The first-order valence-corrected chi connectivity index (χ1v) is 4.56. The van der Waals surface area contributed by atoms with Gasteiger partial charge in [0.25, 0.3) is 0 Å². The highest BCUT2D eigenvalue weighted by Gasteiger charge is 2.36. The Balaban J connectivity index is 3.62. The molecule has 0 bridgehead atoms. The summed E-state index contributed by atoms with van der Waals surface area (Å²) in [6.45, 7) is 1.10. The van der Waals surface area contributed by atoms with Gasteiger partial charge in [0.1, 0.15) is 12.0 Å². The average molecular weight is 246 g/mol. The SMILES string of the molecule is COc1c(C(C)=O)cc(C=O)cc1C(F)(F)F. The van der Waals surface area contributed by atoms with Crippen molar-refractivity contribution in [1.29, 1.82) is 0 Å². The van der Waals surface area contributed by atoms with E-state index in [1.54, 1.807) is 0 Å². The maximum absolute atomic E-state index is 12.7. The van der Waals surface area contributed by atoms with Gasteiger partial charge < -0.3 is 4.74 Å². The molecule has 1 aromatic rings. The number of hydrogen-bond acceptors (Lipinski definition) is 3. The van der Waals surface area contributed by atoms with Crippen LogP contribution in [0.1, 0.15) is 33.2 Å². The Morgan fingerprint density at radius 1 is 1.35 bits per heavy atom. The molecule has 0 heterocycles. The van der Waals surface area contributed by atoms with Gasteiger partial charge in [0.2, 0.25) is 0 Å². The van der Waals surface area contributed by atoms with Crippen molar-refractivity contribution in [3.05, 3.63) is 28.8 Å². The number of alkyl halides is 3. The number of rotatable bonds is 3. The zero-order chi connectivity index (χ0) is 13.2. The van der Waals surface area contributed by atoms with Crippen LogP contribution < -0.4 is 4.74 Å². The van der Waals surface area contributed by atoms with Crippen molar-refractivity contribution < 1.29 is 27.5 Å². The molecule has 17 heavy (non-hydrogen) atoms. The van der Waals surface area contributed by atoms with Crippen LogP contribution >= 0.6 is 0 Å². The topological polar surface area (TPSA) is 43.4 Å². The van der Waals surface area contributed by atoms with E-state index < -0.39 is 23.3 Å². The highest BCUT2D eigenvalue weighted by Crippen LogP contribution is 2.38. The maximum Gasteiger partial charge on any atom is 0.420 e. The van der Waals surface area contributed by atoms with Crippen LogP contribution in [-0.4, -0.2) is 19.2 Å². The highest BCUT2D eigenvalue weighted by atomic mass is 19.4. The molecule has 6 heteroatoms. The number of hydrogen-bond donors (Lipinski definition) is 0. The van der Waals surface area contributed by atoms with Gasteiger partial charge in [-0.3, -0.25) is 9.59 Å². The van der Waals surface area contributed by atoms with Gasteiger partial charge in [-0.2, -0.15) is 13.2 Å². The second-order valence-corrected chi connectivity index (χ2v) is 3.32. The third kappa shape index (κ3) is 2.64. The quantitative estimate of drug-likeness (QED) is 0.608. The fraction of sp³-hybridized carbons (Fsp3) is 0.273. The van der Waals surface area contributed by atoms with Crippen LogP contribution in [0.4, 0.5) is 13.2 Å². The third-order valence-corrected chi connectivity index (χ3v) is 2.14. The maximum atomic E-state index is 12.7. The summed E-state index contributed by atoms with van der Waals surface area (Å²) < 4.78 is 42.7. The van der Waals surface area contributed by atoms with Crippen molar-refractivity contribution in [3.8, 4) is 5.75 Å². The van der Waals surface area contributed by atoms with Crippen LogP contribution in [0.3, 0.4) is 0 Å². The molecule has 0 radical (unpaired) electrons. The Bertz CT molecular complexity index is 464. The number of halogens is 3. The fourth-order valence-corrected chi connectivity index (χ4v) is 1.41.